The van der Waals surface area contributed by atoms with Gasteiger partial charge in [-0.25, -0.2) is 4.79 Å². The lowest BCUT2D eigenvalue weighted by atomic mass is 9.85. The van der Waals surface area contributed by atoms with E-state index in [0.717, 1.165) is 16.7 Å². The molecule has 0 fully saturated rings. The molecule has 192 valence electrons. The largest absolute Gasteiger partial charge is 0.480 e. The average molecular weight is 520 g/mol. The molecule has 0 radical (unpaired) electrons. The highest BCUT2D eigenvalue weighted by Gasteiger charge is 2.47. The molecule has 3 aromatic carbocycles. The predicted octanol–water partition coefficient (Wildman–Crippen LogP) is 4.91. The first-order valence-corrected chi connectivity index (χ1v) is 12.4. The average Bonchev–Trinajstić information content (AvgIpc) is 3.22. The number of fused-ring (bicyclic) bond motifs is 1. The molecule has 37 heavy (non-hydrogen) atoms. The number of carbonyl (C=O) groups is 3. The van der Waals surface area contributed by atoms with Gasteiger partial charge in [0, 0.05) is 28.7 Å². The van der Waals surface area contributed by atoms with Crippen LogP contribution in [0, 0.1) is 0 Å². The molecule has 0 bridgehead atoms. The van der Waals surface area contributed by atoms with Gasteiger partial charge in [-0.1, -0.05) is 72.3 Å². The maximum absolute atomic E-state index is 13.7. The third-order valence-electron chi connectivity index (χ3n) is 6.34. The van der Waals surface area contributed by atoms with Gasteiger partial charge in [-0.15, -0.1) is 0 Å². The minimum atomic E-state index is -1.12. The number of nitrogens with one attached hydrogen (secondary N) is 2. The van der Waals surface area contributed by atoms with E-state index in [1.165, 1.54) is 4.90 Å². The van der Waals surface area contributed by atoms with Gasteiger partial charge >= 0.3 is 5.97 Å². The van der Waals surface area contributed by atoms with Crippen molar-refractivity contribution in [2.24, 2.45) is 0 Å². The third kappa shape index (κ3) is 5.94. The Kier molecular flexibility index (Phi) is 7.55. The Labute approximate surface area is 221 Å². The molecule has 0 spiro atoms. The van der Waals surface area contributed by atoms with Gasteiger partial charge in [-0.3, -0.25) is 9.59 Å². The van der Waals surface area contributed by atoms with E-state index in [4.69, 9.17) is 11.6 Å². The standard InChI is InChI=1S/C29H30ClN3O4/c1-29(2,3)32-27(35)26(24-22-14-13-21(30)15-23(22)31-25(24)28(36)37)33(17-34)16-18-9-11-20(12-10-18)19-7-5-4-6-8-19/h4-15,17,24-26,31H,16H2,1-3H3,(H,32,35)(H,36,37). The van der Waals surface area contributed by atoms with Crippen LogP contribution < -0.4 is 10.6 Å². The van der Waals surface area contributed by atoms with Gasteiger partial charge in [-0.05, 0) is 55.2 Å². The van der Waals surface area contributed by atoms with E-state index in [-0.39, 0.29) is 6.54 Å². The van der Waals surface area contributed by atoms with Gasteiger partial charge in [0.1, 0.15) is 12.1 Å². The summed E-state index contributed by atoms with van der Waals surface area (Å²) in [6.45, 7) is 5.65. The van der Waals surface area contributed by atoms with Crippen molar-refractivity contribution < 1.29 is 19.5 Å². The molecule has 2 amide bonds. The summed E-state index contributed by atoms with van der Waals surface area (Å²) in [7, 11) is 0. The van der Waals surface area contributed by atoms with Crippen LogP contribution in [0.3, 0.4) is 0 Å². The number of amides is 2. The molecule has 8 heteroatoms. The van der Waals surface area contributed by atoms with E-state index in [1.807, 2.05) is 75.4 Å². The molecule has 1 aliphatic heterocycles. The van der Waals surface area contributed by atoms with Gasteiger partial charge in [-0.2, -0.15) is 0 Å². The van der Waals surface area contributed by atoms with Gasteiger partial charge < -0.3 is 20.6 Å². The zero-order valence-corrected chi connectivity index (χ0v) is 21.7. The zero-order valence-electron chi connectivity index (χ0n) is 20.9. The third-order valence-corrected chi connectivity index (χ3v) is 6.57. The van der Waals surface area contributed by atoms with Crippen LogP contribution in [0.25, 0.3) is 11.1 Å². The topological polar surface area (TPSA) is 98.7 Å². The van der Waals surface area contributed by atoms with E-state index in [2.05, 4.69) is 10.6 Å². The first kappa shape index (κ1) is 26.2. The lowest BCUT2D eigenvalue weighted by Gasteiger charge is -2.36. The quantitative estimate of drug-likeness (QED) is 0.367. The number of carbonyl (C=O) groups excluding carboxylic acids is 2. The summed E-state index contributed by atoms with van der Waals surface area (Å²) in [5.41, 5.74) is 3.48. The van der Waals surface area contributed by atoms with Crippen molar-refractivity contribution in [3.05, 3.63) is 88.9 Å². The van der Waals surface area contributed by atoms with Crippen molar-refractivity contribution in [1.29, 1.82) is 0 Å². The Hall–Kier alpha value is -3.84. The number of anilines is 1. The highest BCUT2D eigenvalue weighted by atomic mass is 35.5. The number of aliphatic carboxylic acids is 1. The fourth-order valence-corrected chi connectivity index (χ4v) is 4.93. The molecule has 3 aromatic rings. The predicted molar refractivity (Wildman–Crippen MR) is 144 cm³/mol. The Morgan fingerprint density at radius 1 is 1.05 bits per heavy atom. The number of nitrogens with zero attached hydrogens (tertiary/aromatic N) is 1. The van der Waals surface area contributed by atoms with Crippen LogP contribution in [0.4, 0.5) is 5.69 Å². The summed E-state index contributed by atoms with van der Waals surface area (Å²) in [5.74, 6) is -2.38. The number of benzene rings is 3. The van der Waals surface area contributed by atoms with Gasteiger partial charge in [0.15, 0.2) is 0 Å². The molecule has 0 aromatic heterocycles. The molecule has 0 saturated carbocycles. The second kappa shape index (κ2) is 10.6. The van der Waals surface area contributed by atoms with Crippen LogP contribution in [0.2, 0.25) is 5.02 Å². The fraction of sp³-hybridized carbons (Fsp3) is 0.276. The SMILES string of the molecule is CC(C)(C)NC(=O)C(C1c2ccc(Cl)cc2NC1C(=O)O)N(C=O)Cc1ccc(-c2ccccc2)cc1. The number of halogens is 1. The summed E-state index contributed by atoms with van der Waals surface area (Å²) >= 11 is 6.15. The summed E-state index contributed by atoms with van der Waals surface area (Å²) in [5, 5.41) is 16.4. The number of carboxylic acid groups (broad SMARTS) is 1. The number of hydrogen-bond donors (Lipinski definition) is 3. The normalized spacial score (nSPS) is 17.3. The lowest BCUT2D eigenvalue weighted by Crippen LogP contribution is -2.56. The highest BCUT2D eigenvalue weighted by Crippen LogP contribution is 2.41. The Morgan fingerprint density at radius 3 is 2.30 bits per heavy atom. The maximum atomic E-state index is 13.7. The van der Waals surface area contributed by atoms with Crippen molar-refractivity contribution in [2.75, 3.05) is 5.32 Å². The Balaban J connectivity index is 1.71. The minimum Gasteiger partial charge on any atom is -0.480 e. The molecule has 1 aliphatic rings. The molecule has 3 N–H and O–H groups in total. The molecule has 0 saturated heterocycles. The van der Waals surface area contributed by atoms with Crippen LogP contribution >= 0.6 is 11.6 Å². The van der Waals surface area contributed by atoms with E-state index in [0.29, 0.717) is 22.7 Å². The fourth-order valence-electron chi connectivity index (χ4n) is 4.76. The molecule has 1 heterocycles. The van der Waals surface area contributed by atoms with Gasteiger partial charge in [0.25, 0.3) is 0 Å². The Morgan fingerprint density at radius 2 is 1.70 bits per heavy atom. The van der Waals surface area contributed by atoms with Gasteiger partial charge in [0.2, 0.25) is 12.3 Å². The molecule has 4 rings (SSSR count). The van der Waals surface area contributed by atoms with Crippen LogP contribution in [-0.2, 0) is 20.9 Å². The van der Waals surface area contributed by atoms with Crippen molar-refractivity contribution >= 4 is 35.6 Å². The number of carboxylic acids is 1. The van der Waals surface area contributed by atoms with Crippen molar-refractivity contribution in [3.63, 3.8) is 0 Å². The van der Waals surface area contributed by atoms with Crippen LogP contribution in [0.1, 0.15) is 37.8 Å². The molecular weight excluding hydrogens is 490 g/mol. The van der Waals surface area contributed by atoms with E-state index < -0.39 is 35.4 Å². The van der Waals surface area contributed by atoms with Crippen LogP contribution in [0.5, 0.6) is 0 Å². The van der Waals surface area contributed by atoms with E-state index in [9.17, 15) is 19.5 Å². The molecule has 3 atom stereocenters. The number of hydrogen-bond acceptors (Lipinski definition) is 4. The molecular formula is C29H30ClN3O4. The highest BCUT2D eigenvalue weighted by molar-refractivity contribution is 6.31. The van der Waals surface area contributed by atoms with Crippen LogP contribution in [0.15, 0.2) is 72.8 Å². The second-order valence-corrected chi connectivity index (χ2v) is 10.7. The lowest BCUT2D eigenvalue weighted by molar-refractivity contribution is -0.141. The van der Waals surface area contributed by atoms with Crippen molar-refractivity contribution in [3.8, 4) is 11.1 Å². The van der Waals surface area contributed by atoms with Gasteiger partial charge in [0.05, 0.1) is 0 Å². The second-order valence-electron chi connectivity index (χ2n) is 10.2. The smallest absolute Gasteiger partial charge is 0.326 e. The van der Waals surface area contributed by atoms with Crippen LogP contribution in [-0.4, -0.2) is 45.9 Å². The monoisotopic (exact) mass is 519 g/mol. The molecule has 3 unspecified atom stereocenters. The molecule has 7 nitrogen and oxygen atoms in total. The minimum absolute atomic E-state index is 0.132. The first-order valence-electron chi connectivity index (χ1n) is 12.0. The first-order chi connectivity index (χ1) is 17.6. The number of rotatable bonds is 8. The molecule has 0 aliphatic carbocycles. The maximum Gasteiger partial charge on any atom is 0.326 e. The summed E-state index contributed by atoms with van der Waals surface area (Å²) in [6, 6.07) is 20.5. The van der Waals surface area contributed by atoms with Crippen molar-refractivity contribution in [2.45, 2.75) is 50.9 Å². The summed E-state index contributed by atoms with van der Waals surface area (Å²) < 4.78 is 0. The van der Waals surface area contributed by atoms with E-state index >= 15 is 0 Å². The zero-order chi connectivity index (χ0) is 26.7. The van der Waals surface area contributed by atoms with Crippen molar-refractivity contribution in [1.82, 2.24) is 10.2 Å². The summed E-state index contributed by atoms with van der Waals surface area (Å²) in [4.78, 5) is 39.8. The Bertz CT molecular complexity index is 1290. The van der Waals surface area contributed by atoms with E-state index in [1.54, 1.807) is 18.2 Å². The summed E-state index contributed by atoms with van der Waals surface area (Å²) in [6.07, 6.45) is 0.616.